The summed E-state index contributed by atoms with van der Waals surface area (Å²) in [6, 6.07) is 8.67. The third-order valence-electron chi connectivity index (χ3n) is 11.2. The van der Waals surface area contributed by atoms with E-state index in [9.17, 15) is 43.2 Å². The highest BCUT2D eigenvalue weighted by Gasteiger charge is 2.63. The molecule has 1 saturated carbocycles. The van der Waals surface area contributed by atoms with Crippen LogP contribution in [0, 0.1) is 0 Å². The van der Waals surface area contributed by atoms with Crippen LogP contribution in [0.15, 0.2) is 30.3 Å². The summed E-state index contributed by atoms with van der Waals surface area (Å²) in [6.07, 6.45) is -18.8. The molecule has 1 fully saturated rings. The largest absolute Gasteiger partial charge is 0.481 e. The van der Waals surface area contributed by atoms with Crippen molar-refractivity contribution < 1.29 is 163 Å². The average molecular weight is 1380 g/mol. The summed E-state index contributed by atoms with van der Waals surface area (Å²) in [6.45, 7) is 1.17. The van der Waals surface area contributed by atoms with E-state index in [-0.39, 0.29) is 70.6 Å². The lowest BCUT2D eigenvalue weighted by Crippen LogP contribution is -2.67. The zero-order valence-corrected chi connectivity index (χ0v) is 54.9. The standard InChI is InChI=1S/C51H80O35P4/c1-10-23-45(60)82-47-46(65-27-22-26-36-24-20-19-21-25-36)48(83-87(61,74-28-66-37(52)11-2)75-29-67-38(53)12-3)50(85-89(63,78-32-70-41(56)15-6)79-33-71-42(57)16-7)51(86-90(64,80-34-72-43(58)17-8)81-35-73-44(59)18-9)49(47)84-88(62,76-30-68-39(54)13-4)77-31-69-40(55)14-5/h19-21,24-25,46-51H,10-18,22-23,26-35H2,1-9H3/t46-,47?,48+,49+,50-,51+/m1/s1. The number of phosphoric ester groups is 4. The first-order valence-corrected chi connectivity index (χ1v) is 34.1. The van der Waals surface area contributed by atoms with Crippen LogP contribution in [0.25, 0.3) is 0 Å². The Kier molecular flexibility index (Phi) is 39.2. The van der Waals surface area contributed by atoms with Crippen LogP contribution in [0.5, 0.6) is 0 Å². The molecule has 1 aliphatic rings. The molecule has 0 aliphatic heterocycles. The quantitative estimate of drug-likeness (QED) is 0.0195. The van der Waals surface area contributed by atoms with Gasteiger partial charge in [-0.2, -0.15) is 0 Å². The summed E-state index contributed by atoms with van der Waals surface area (Å²) in [5.74, 6) is -9.08. The zero-order valence-electron chi connectivity index (χ0n) is 51.3. The van der Waals surface area contributed by atoms with Gasteiger partial charge in [0.1, 0.15) is 30.5 Å². The predicted molar refractivity (Wildman–Crippen MR) is 298 cm³/mol. The van der Waals surface area contributed by atoms with Gasteiger partial charge in [-0.3, -0.25) is 61.2 Å². The van der Waals surface area contributed by atoms with Crippen LogP contribution in [0.1, 0.15) is 139 Å². The highest BCUT2D eigenvalue weighted by Crippen LogP contribution is 2.62. The molecule has 1 unspecified atom stereocenters. The van der Waals surface area contributed by atoms with E-state index in [1.54, 1.807) is 30.3 Å². The van der Waals surface area contributed by atoms with Crippen LogP contribution in [0.3, 0.4) is 0 Å². The van der Waals surface area contributed by atoms with Crippen LogP contribution in [0.4, 0.5) is 0 Å². The SMILES string of the molecule is CCCC(=O)OC1[C@@H](OCCCc2ccccc2)[C@H](OP(=O)(OCOC(=O)CC)OCOC(=O)CC)[C@@H](OP(=O)(OCOC(=O)CC)OCOC(=O)CC)[C@@H](OP(=O)(OCOC(=O)CC)OCOC(=O)CC)[C@H]1OP(=O)(OCOC(=O)CC)OCOC(=O)CC. The fourth-order valence-corrected chi connectivity index (χ4v) is 10.9. The Morgan fingerprint density at radius 1 is 0.333 bits per heavy atom. The topological polar surface area (TPSA) is 425 Å². The number of ether oxygens (including phenoxy) is 10. The van der Waals surface area contributed by atoms with E-state index in [0.29, 0.717) is 0 Å². The molecule has 0 aromatic heterocycles. The van der Waals surface area contributed by atoms with Crippen LogP contribution in [-0.2, 0) is 169 Å². The average Bonchev–Trinajstić information content (AvgIpc) is 0.796. The summed E-state index contributed by atoms with van der Waals surface area (Å²) in [5, 5.41) is 0. The van der Waals surface area contributed by atoms with Crippen molar-refractivity contribution in [3.8, 4) is 0 Å². The fourth-order valence-electron chi connectivity index (χ4n) is 6.54. The van der Waals surface area contributed by atoms with Gasteiger partial charge in [0.05, 0.1) is 0 Å². The third-order valence-corrected chi connectivity index (χ3v) is 16.6. The first-order valence-electron chi connectivity index (χ1n) is 28.2. The van der Waals surface area contributed by atoms with Crippen molar-refractivity contribution in [2.24, 2.45) is 0 Å². The third kappa shape index (κ3) is 31.4. The number of benzene rings is 1. The molecule has 0 amide bonds. The Labute approximate surface area is 519 Å². The number of rotatable bonds is 48. The number of phosphoric acid groups is 4. The molecule has 1 aliphatic carbocycles. The highest BCUT2D eigenvalue weighted by atomic mass is 31.2. The molecule has 0 heterocycles. The number of aryl methyl sites for hydroxylation is 1. The molecule has 1 aromatic rings. The van der Waals surface area contributed by atoms with Crippen molar-refractivity contribution in [1.82, 2.24) is 0 Å². The summed E-state index contributed by atoms with van der Waals surface area (Å²) < 4.78 is 182. The molecule has 6 atom stereocenters. The van der Waals surface area contributed by atoms with Crippen LogP contribution in [0.2, 0.25) is 0 Å². The second-order valence-corrected chi connectivity index (χ2v) is 24.1. The number of carbonyl (C=O) groups is 9. The summed E-state index contributed by atoms with van der Waals surface area (Å²) in [5.41, 5.74) is 0.726. The lowest BCUT2D eigenvalue weighted by Gasteiger charge is -2.49. The van der Waals surface area contributed by atoms with Gasteiger partial charge in [-0.25, -0.2) is 54.5 Å². The number of hydrogen-bond donors (Lipinski definition) is 0. The smallest absolute Gasteiger partial charge is 0.457 e. The monoisotopic (exact) mass is 1380 g/mol. The van der Waals surface area contributed by atoms with E-state index < -0.39 is 189 Å². The fraction of sp³-hybridized carbons (Fsp3) is 0.706. The Morgan fingerprint density at radius 3 is 0.822 bits per heavy atom. The van der Waals surface area contributed by atoms with Gasteiger partial charge in [0.2, 0.25) is 54.3 Å². The van der Waals surface area contributed by atoms with Crippen LogP contribution in [-0.4, -0.2) is 151 Å². The second-order valence-electron chi connectivity index (χ2n) is 17.6. The Bertz CT molecular complexity index is 2500. The molecule has 1 aromatic carbocycles. The van der Waals surface area contributed by atoms with Crippen LogP contribution >= 0.6 is 31.3 Å². The molecule has 0 radical (unpaired) electrons. The number of esters is 9. The van der Waals surface area contributed by atoms with E-state index in [0.717, 1.165) is 5.56 Å². The summed E-state index contributed by atoms with van der Waals surface area (Å²) in [7, 11) is -23.3. The summed E-state index contributed by atoms with van der Waals surface area (Å²) >= 11 is 0. The van der Waals surface area contributed by atoms with Gasteiger partial charge < -0.3 is 47.4 Å². The van der Waals surface area contributed by atoms with Crippen molar-refractivity contribution in [3.63, 3.8) is 0 Å². The van der Waals surface area contributed by atoms with E-state index in [2.05, 4.69) is 0 Å². The first-order chi connectivity index (χ1) is 42.8. The molecule has 514 valence electrons. The van der Waals surface area contributed by atoms with Crippen molar-refractivity contribution in [2.45, 2.75) is 176 Å². The second kappa shape index (κ2) is 43.6. The van der Waals surface area contributed by atoms with E-state index in [1.807, 2.05) is 0 Å². The Balaban J connectivity index is 3.53. The van der Waals surface area contributed by atoms with E-state index in [4.69, 9.17) is 102 Å². The Morgan fingerprint density at radius 2 is 0.578 bits per heavy atom. The van der Waals surface area contributed by atoms with Gasteiger partial charge in [0, 0.05) is 64.4 Å². The zero-order chi connectivity index (χ0) is 67.2. The maximum Gasteiger partial charge on any atom is 0.481 e. The lowest BCUT2D eigenvalue weighted by molar-refractivity contribution is -0.239. The van der Waals surface area contributed by atoms with Gasteiger partial charge in [0.15, 0.2) is 6.10 Å². The number of hydrogen-bond acceptors (Lipinski definition) is 35. The van der Waals surface area contributed by atoms with Crippen molar-refractivity contribution in [3.05, 3.63) is 35.9 Å². The van der Waals surface area contributed by atoms with Gasteiger partial charge >= 0.3 is 85.0 Å². The molecule has 0 saturated heterocycles. The van der Waals surface area contributed by atoms with Gasteiger partial charge in [-0.05, 0) is 24.8 Å². The van der Waals surface area contributed by atoms with E-state index >= 15 is 18.3 Å². The highest BCUT2D eigenvalue weighted by molar-refractivity contribution is 7.49. The Hall–Kier alpha value is -5.15. The summed E-state index contributed by atoms with van der Waals surface area (Å²) in [4.78, 5) is 114. The van der Waals surface area contributed by atoms with Crippen molar-refractivity contribution in [1.29, 1.82) is 0 Å². The minimum absolute atomic E-state index is 0.000885. The van der Waals surface area contributed by atoms with E-state index in [1.165, 1.54) is 62.3 Å². The van der Waals surface area contributed by atoms with Gasteiger partial charge in [-0.1, -0.05) is 92.6 Å². The minimum atomic E-state index is -5.89. The normalized spacial score (nSPS) is 17.7. The molecular formula is C51H80O35P4. The maximum absolute atomic E-state index is 15.5. The number of carbonyl (C=O) groups excluding carboxylic acids is 9. The molecule has 0 spiro atoms. The molecular weight excluding hydrogens is 1300 g/mol. The molecule has 0 bridgehead atoms. The molecule has 2 rings (SSSR count). The molecule has 0 N–H and O–H groups in total. The van der Waals surface area contributed by atoms with Crippen molar-refractivity contribution >= 4 is 85.0 Å². The van der Waals surface area contributed by atoms with Crippen LogP contribution < -0.4 is 0 Å². The predicted octanol–water partition coefficient (Wildman–Crippen LogP) is 8.12. The molecule has 90 heavy (non-hydrogen) atoms. The van der Waals surface area contributed by atoms with Gasteiger partial charge in [-0.15, -0.1) is 0 Å². The lowest BCUT2D eigenvalue weighted by atomic mass is 9.84. The van der Waals surface area contributed by atoms with Crippen molar-refractivity contribution in [2.75, 3.05) is 61.0 Å². The molecule has 35 nitrogen and oxygen atoms in total. The van der Waals surface area contributed by atoms with Gasteiger partial charge in [0.25, 0.3) is 0 Å². The molecule has 39 heteroatoms. The first kappa shape index (κ1) is 80.9. The maximum atomic E-state index is 15.5. The minimum Gasteiger partial charge on any atom is -0.457 e.